The van der Waals surface area contributed by atoms with Crippen molar-refractivity contribution < 1.29 is 23.5 Å². The number of methoxy groups -OCH3 is 2. The highest BCUT2D eigenvalue weighted by molar-refractivity contribution is 6.35. The zero-order valence-corrected chi connectivity index (χ0v) is 20.6. The first-order valence-electron chi connectivity index (χ1n) is 11.9. The van der Waals surface area contributed by atoms with Gasteiger partial charge in [0, 0.05) is 45.0 Å². The molecule has 0 spiro atoms. The summed E-state index contributed by atoms with van der Waals surface area (Å²) in [6.45, 7) is 3.77. The molecular formula is C27H32N4O5. The van der Waals surface area contributed by atoms with Gasteiger partial charge in [-0.3, -0.25) is 14.5 Å². The predicted molar refractivity (Wildman–Crippen MR) is 136 cm³/mol. The van der Waals surface area contributed by atoms with Crippen LogP contribution >= 0.6 is 0 Å². The van der Waals surface area contributed by atoms with Gasteiger partial charge in [-0.2, -0.15) is 0 Å². The lowest BCUT2D eigenvalue weighted by atomic mass is 10.1. The lowest BCUT2D eigenvalue weighted by molar-refractivity contribution is -0.139. The molecule has 1 aliphatic heterocycles. The van der Waals surface area contributed by atoms with Crippen molar-refractivity contribution in [3.05, 3.63) is 78.3 Å². The standard InChI is InChI=1S/C27H32N4O5/c1-34-22-9-5-20(6-10-22)18-28-26(32)27(33)29-19-24(25-4-3-17-36-25)31-15-13-30(14-16-31)21-7-11-23(35-2)12-8-21/h3-12,17,24H,13-16,18-19H2,1-2H3,(H,28,32)(H,29,33)/t24-/m1/s1. The van der Waals surface area contributed by atoms with Gasteiger partial charge < -0.3 is 29.4 Å². The Morgan fingerprint density at radius 2 is 1.47 bits per heavy atom. The summed E-state index contributed by atoms with van der Waals surface area (Å²) in [5.74, 6) is 0.979. The third-order valence-electron chi connectivity index (χ3n) is 6.34. The highest BCUT2D eigenvalue weighted by Crippen LogP contribution is 2.25. The number of carbonyl (C=O) groups is 2. The monoisotopic (exact) mass is 492 g/mol. The molecule has 9 heteroatoms. The Kier molecular flexibility index (Phi) is 8.46. The number of nitrogens with one attached hydrogen (secondary N) is 2. The second kappa shape index (κ2) is 12.1. The van der Waals surface area contributed by atoms with Crippen LogP contribution in [-0.4, -0.2) is 63.7 Å². The quantitative estimate of drug-likeness (QED) is 0.443. The molecule has 3 aromatic rings. The Morgan fingerprint density at radius 1 is 0.861 bits per heavy atom. The molecule has 0 saturated carbocycles. The molecule has 0 bridgehead atoms. The summed E-state index contributed by atoms with van der Waals surface area (Å²) < 4.78 is 16.1. The molecule has 1 fully saturated rings. The van der Waals surface area contributed by atoms with Crippen LogP contribution in [0, 0.1) is 0 Å². The molecule has 2 N–H and O–H groups in total. The molecule has 1 atom stereocenters. The number of anilines is 1. The van der Waals surface area contributed by atoms with Crippen LogP contribution in [0.15, 0.2) is 71.3 Å². The average molecular weight is 493 g/mol. The molecule has 1 aliphatic rings. The maximum absolute atomic E-state index is 12.5. The lowest BCUT2D eigenvalue weighted by Crippen LogP contribution is -2.50. The van der Waals surface area contributed by atoms with Crippen molar-refractivity contribution in [1.29, 1.82) is 0 Å². The molecule has 2 amide bonds. The number of hydrogen-bond acceptors (Lipinski definition) is 7. The minimum atomic E-state index is -0.673. The van der Waals surface area contributed by atoms with Gasteiger partial charge in [-0.1, -0.05) is 12.1 Å². The maximum Gasteiger partial charge on any atom is 0.309 e. The fourth-order valence-corrected chi connectivity index (χ4v) is 4.25. The van der Waals surface area contributed by atoms with E-state index in [-0.39, 0.29) is 19.1 Å². The fraction of sp³-hybridized carbons (Fsp3) is 0.333. The number of benzene rings is 2. The Morgan fingerprint density at radius 3 is 2.06 bits per heavy atom. The number of furan rings is 1. The summed E-state index contributed by atoms with van der Waals surface area (Å²) in [6.07, 6.45) is 1.62. The summed E-state index contributed by atoms with van der Waals surface area (Å²) in [7, 11) is 3.25. The van der Waals surface area contributed by atoms with E-state index in [0.29, 0.717) is 0 Å². The zero-order valence-electron chi connectivity index (χ0n) is 20.6. The zero-order chi connectivity index (χ0) is 25.3. The Balaban J connectivity index is 1.30. The van der Waals surface area contributed by atoms with E-state index in [1.54, 1.807) is 20.5 Å². The summed E-state index contributed by atoms with van der Waals surface area (Å²) in [5.41, 5.74) is 2.02. The van der Waals surface area contributed by atoms with Gasteiger partial charge in [0.2, 0.25) is 0 Å². The van der Waals surface area contributed by atoms with Crippen LogP contribution in [0.4, 0.5) is 5.69 Å². The molecule has 0 radical (unpaired) electrons. The second-order valence-corrected chi connectivity index (χ2v) is 8.49. The van der Waals surface area contributed by atoms with Crippen LogP contribution in [-0.2, 0) is 16.1 Å². The van der Waals surface area contributed by atoms with Gasteiger partial charge in [0.05, 0.1) is 26.5 Å². The van der Waals surface area contributed by atoms with Crippen molar-refractivity contribution in [1.82, 2.24) is 15.5 Å². The van der Waals surface area contributed by atoms with Gasteiger partial charge >= 0.3 is 11.8 Å². The first-order chi connectivity index (χ1) is 17.6. The SMILES string of the molecule is COc1ccc(CNC(=O)C(=O)NC[C@H](c2ccco2)N2CCN(c3ccc(OC)cc3)CC2)cc1. The summed E-state index contributed by atoms with van der Waals surface area (Å²) in [4.78, 5) is 29.5. The molecule has 2 aromatic carbocycles. The third-order valence-corrected chi connectivity index (χ3v) is 6.34. The minimum Gasteiger partial charge on any atom is -0.497 e. The third kappa shape index (κ3) is 6.37. The Labute approximate surface area is 211 Å². The van der Waals surface area contributed by atoms with E-state index in [1.807, 2.05) is 48.5 Å². The number of piperazine rings is 1. The first kappa shape index (κ1) is 25.1. The van der Waals surface area contributed by atoms with E-state index < -0.39 is 11.8 Å². The Hall–Kier alpha value is -3.98. The fourth-order valence-electron chi connectivity index (χ4n) is 4.25. The van der Waals surface area contributed by atoms with E-state index in [4.69, 9.17) is 13.9 Å². The summed E-state index contributed by atoms with van der Waals surface area (Å²) in [6, 6.07) is 18.9. The van der Waals surface area contributed by atoms with Gasteiger partial charge in [0.25, 0.3) is 0 Å². The van der Waals surface area contributed by atoms with Gasteiger partial charge in [-0.25, -0.2) is 0 Å². The largest absolute Gasteiger partial charge is 0.497 e. The highest BCUT2D eigenvalue weighted by Gasteiger charge is 2.28. The minimum absolute atomic E-state index is 0.170. The van der Waals surface area contributed by atoms with Crippen LogP contribution in [0.2, 0.25) is 0 Å². The number of ether oxygens (including phenoxy) is 2. The van der Waals surface area contributed by atoms with Crippen molar-refractivity contribution in [3.8, 4) is 11.5 Å². The van der Waals surface area contributed by atoms with E-state index in [9.17, 15) is 9.59 Å². The molecule has 4 rings (SSSR count). The number of hydrogen-bond donors (Lipinski definition) is 2. The molecule has 1 saturated heterocycles. The van der Waals surface area contributed by atoms with Gasteiger partial charge in [-0.05, 0) is 54.1 Å². The number of nitrogens with zero attached hydrogens (tertiary/aromatic N) is 2. The normalized spacial score (nSPS) is 14.7. The topological polar surface area (TPSA) is 96.3 Å². The average Bonchev–Trinajstić information content (AvgIpc) is 3.47. The maximum atomic E-state index is 12.5. The number of rotatable bonds is 9. The molecule has 1 aromatic heterocycles. The van der Waals surface area contributed by atoms with Crippen LogP contribution in [0.25, 0.3) is 0 Å². The lowest BCUT2D eigenvalue weighted by Gasteiger charge is -2.39. The van der Waals surface area contributed by atoms with Crippen molar-refractivity contribution in [3.63, 3.8) is 0 Å². The van der Waals surface area contributed by atoms with E-state index >= 15 is 0 Å². The van der Waals surface area contributed by atoms with Crippen molar-refractivity contribution in [2.45, 2.75) is 12.6 Å². The van der Waals surface area contributed by atoms with Gasteiger partial charge in [-0.15, -0.1) is 0 Å². The van der Waals surface area contributed by atoms with E-state index in [0.717, 1.165) is 54.7 Å². The molecule has 36 heavy (non-hydrogen) atoms. The van der Waals surface area contributed by atoms with Crippen molar-refractivity contribution in [2.75, 3.05) is 51.8 Å². The second-order valence-electron chi connectivity index (χ2n) is 8.49. The van der Waals surface area contributed by atoms with Crippen LogP contribution in [0.1, 0.15) is 17.4 Å². The van der Waals surface area contributed by atoms with Gasteiger partial charge in [0.1, 0.15) is 17.3 Å². The molecule has 2 heterocycles. The molecular weight excluding hydrogens is 460 g/mol. The Bertz CT molecular complexity index is 1110. The van der Waals surface area contributed by atoms with Crippen molar-refractivity contribution >= 4 is 17.5 Å². The van der Waals surface area contributed by atoms with E-state index in [1.165, 1.54) is 0 Å². The number of amides is 2. The molecule has 0 aliphatic carbocycles. The van der Waals surface area contributed by atoms with Crippen LogP contribution in [0.3, 0.4) is 0 Å². The highest BCUT2D eigenvalue weighted by atomic mass is 16.5. The van der Waals surface area contributed by atoms with E-state index in [2.05, 4.69) is 32.6 Å². The molecule has 190 valence electrons. The smallest absolute Gasteiger partial charge is 0.309 e. The summed E-state index contributed by atoms with van der Waals surface area (Å²) >= 11 is 0. The predicted octanol–water partition coefficient (Wildman–Crippen LogP) is 2.59. The first-order valence-corrected chi connectivity index (χ1v) is 11.9. The molecule has 9 nitrogen and oxygen atoms in total. The molecule has 0 unspecified atom stereocenters. The van der Waals surface area contributed by atoms with Gasteiger partial charge in [0.15, 0.2) is 0 Å². The summed E-state index contributed by atoms with van der Waals surface area (Å²) in [5, 5.41) is 5.44. The van der Waals surface area contributed by atoms with Crippen LogP contribution < -0.4 is 25.0 Å². The van der Waals surface area contributed by atoms with Crippen molar-refractivity contribution in [2.24, 2.45) is 0 Å². The number of carbonyl (C=O) groups excluding carboxylic acids is 2. The van der Waals surface area contributed by atoms with Crippen LogP contribution in [0.5, 0.6) is 11.5 Å².